The van der Waals surface area contributed by atoms with Gasteiger partial charge in [0.2, 0.25) is 0 Å². The first kappa shape index (κ1) is 93.6. The zero-order valence-corrected chi connectivity index (χ0v) is 80.7. The Bertz CT molecular complexity index is 8650. The Morgan fingerprint density at radius 1 is 0.199 bits per heavy atom. The average Bonchev–Trinajstić information content (AvgIpc) is 1.61. The Hall–Kier alpha value is -16.5. The summed E-state index contributed by atoms with van der Waals surface area (Å²) in [6, 6.07) is 107. The number of rotatable bonds is 12. The van der Waals surface area contributed by atoms with Crippen molar-refractivity contribution >= 4 is 136 Å². The van der Waals surface area contributed by atoms with Crippen LogP contribution >= 0.6 is 69.6 Å². The van der Waals surface area contributed by atoms with Gasteiger partial charge in [-0.1, -0.05) is 378 Å². The maximum absolute atomic E-state index is 13.5. The summed E-state index contributed by atoms with van der Waals surface area (Å²) in [5, 5.41) is 89.3. The normalized spacial score (nSPS) is 11.1. The predicted molar refractivity (Wildman–Crippen MR) is 558 cm³/mol. The monoisotopic (exact) mass is 1970 g/mol. The average molecular weight is 1970 g/mol. The second-order valence-electron chi connectivity index (χ2n) is 32.5. The molecule has 0 aliphatic carbocycles. The van der Waals surface area contributed by atoms with Crippen LogP contribution < -0.4 is 0 Å². The molecular formula is C109H78Cl6F2N24. The fraction of sp³-hybridized carbons (Fsp3) is 0.0642. The van der Waals surface area contributed by atoms with Gasteiger partial charge in [-0.2, -0.15) is 30.6 Å². The minimum Gasteiger partial charge on any atom is -0.259 e. The van der Waals surface area contributed by atoms with Gasteiger partial charge >= 0.3 is 0 Å². The molecule has 0 fully saturated rings. The second kappa shape index (κ2) is 41.5. The number of fused-ring (bicyclic) bond motifs is 6. The van der Waals surface area contributed by atoms with Crippen molar-refractivity contribution in [3.8, 4) is 135 Å². The molecule has 12 heterocycles. The highest BCUT2D eigenvalue weighted by atomic mass is 35.5. The van der Waals surface area contributed by atoms with E-state index < -0.39 is 0 Å². The lowest BCUT2D eigenvalue weighted by Crippen LogP contribution is -1.96. The van der Waals surface area contributed by atoms with E-state index in [2.05, 4.69) is 123 Å². The number of hydrogen-bond donors (Lipinski definition) is 1. The van der Waals surface area contributed by atoms with Gasteiger partial charge in [0, 0.05) is 102 Å². The summed E-state index contributed by atoms with van der Waals surface area (Å²) in [6.07, 6.45) is 0. The summed E-state index contributed by atoms with van der Waals surface area (Å²) in [4.78, 5) is 0. The number of benzene rings is 12. The van der Waals surface area contributed by atoms with E-state index in [0.717, 1.165) is 111 Å². The molecular weight excluding hydrogens is 1900 g/mol. The van der Waals surface area contributed by atoms with Crippen molar-refractivity contribution in [2.75, 3.05) is 0 Å². The summed E-state index contributed by atoms with van der Waals surface area (Å²) in [5.41, 5.74) is 25.4. The molecule has 0 bridgehead atoms. The van der Waals surface area contributed by atoms with Crippen LogP contribution in [0.1, 0.15) is 11.1 Å². The number of nitrogens with one attached hydrogen (secondary N) is 1. The number of H-pyrrole nitrogens is 1. The lowest BCUT2D eigenvalue weighted by Gasteiger charge is -2.05. The van der Waals surface area contributed by atoms with Gasteiger partial charge in [0.1, 0.15) is 80.0 Å². The van der Waals surface area contributed by atoms with Crippen molar-refractivity contribution in [2.24, 2.45) is 35.2 Å². The molecule has 0 atom stereocenters. The molecule has 24 rings (SSSR count). The van der Waals surface area contributed by atoms with Gasteiger partial charge in [-0.25, -0.2) is 32.2 Å². The van der Waals surface area contributed by atoms with Gasteiger partial charge in [0.25, 0.3) is 0 Å². The maximum atomic E-state index is 13.5. The zero-order chi connectivity index (χ0) is 97.5. The van der Waals surface area contributed by atoms with Crippen molar-refractivity contribution < 1.29 is 8.78 Å². The van der Waals surface area contributed by atoms with Crippen LogP contribution in [0.15, 0.2) is 340 Å². The summed E-state index contributed by atoms with van der Waals surface area (Å²) in [7, 11) is 9.13. The molecule has 0 saturated carbocycles. The topological polar surface area (TPSA) is 272 Å². The highest BCUT2D eigenvalue weighted by molar-refractivity contribution is 6.42. The Morgan fingerprint density at radius 3 is 0.723 bits per heavy atom. The molecule has 0 saturated heterocycles. The van der Waals surface area contributed by atoms with Crippen LogP contribution in [0, 0.1) is 25.5 Å². The third-order valence-electron chi connectivity index (χ3n) is 23.1. The molecule has 0 unspecified atom stereocenters. The molecule has 0 aliphatic heterocycles. The van der Waals surface area contributed by atoms with E-state index in [1.54, 1.807) is 61.8 Å². The molecule has 12 aromatic carbocycles. The van der Waals surface area contributed by atoms with E-state index in [9.17, 15) is 8.78 Å². The molecule has 24 nitrogen and oxygen atoms in total. The predicted octanol–water partition coefficient (Wildman–Crippen LogP) is 27.0. The Labute approximate surface area is 835 Å². The fourth-order valence-electron chi connectivity index (χ4n) is 16.2. The Balaban J connectivity index is 0.000000108. The van der Waals surface area contributed by atoms with Crippen molar-refractivity contribution in [3.05, 3.63) is 393 Å². The molecule has 0 amide bonds. The van der Waals surface area contributed by atoms with Crippen molar-refractivity contribution in [3.63, 3.8) is 0 Å². The second-order valence-corrected chi connectivity index (χ2v) is 34.8. The first-order chi connectivity index (χ1) is 68.7. The lowest BCUT2D eigenvalue weighted by atomic mass is 10.1. The number of nitrogens with zero attached hydrogens (tertiary/aromatic N) is 23. The summed E-state index contributed by atoms with van der Waals surface area (Å²) in [6.45, 7) is 4.11. The van der Waals surface area contributed by atoms with Crippen molar-refractivity contribution in [2.45, 2.75) is 13.8 Å². The fourth-order valence-corrected chi connectivity index (χ4v) is 18.1. The number of hydrogen-bond acceptors (Lipinski definition) is 18. The molecule has 24 aromatic rings. The minimum absolute atomic E-state index is 0.296. The van der Waals surface area contributed by atoms with Crippen LogP contribution in [0.4, 0.5) is 8.78 Å². The van der Waals surface area contributed by atoms with Gasteiger partial charge in [0.15, 0.2) is 33.9 Å². The zero-order valence-electron chi connectivity index (χ0n) is 76.1. The highest BCUT2D eigenvalue weighted by Gasteiger charge is 2.28. The van der Waals surface area contributed by atoms with Crippen LogP contribution in [0.25, 0.3) is 201 Å². The minimum atomic E-state index is -0.347. The molecule has 1 N–H and O–H groups in total. The smallest absolute Gasteiger partial charge is 0.182 e. The largest absolute Gasteiger partial charge is 0.259 e. The van der Waals surface area contributed by atoms with E-state index in [0.29, 0.717) is 120 Å². The van der Waals surface area contributed by atoms with Gasteiger partial charge in [-0.15, -0.1) is 61.2 Å². The van der Waals surface area contributed by atoms with E-state index in [1.807, 2.05) is 300 Å². The van der Waals surface area contributed by atoms with Crippen LogP contribution in [0.2, 0.25) is 30.1 Å². The summed E-state index contributed by atoms with van der Waals surface area (Å²) in [5.74, 6) is -0.644. The van der Waals surface area contributed by atoms with Crippen LogP contribution in [-0.2, 0) is 35.2 Å². The van der Waals surface area contributed by atoms with E-state index in [-0.39, 0.29) is 11.6 Å². The van der Waals surface area contributed by atoms with Gasteiger partial charge in [-0.3, -0.25) is 5.10 Å². The quantitative estimate of drug-likeness (QED) is 0.119. The molecule has 141 heavy (non-hydrogen) atoms. The molecule has 32 heteroatoms. The van der Waals surface area contributed by atoms with Crippen LogP contribution in [0.3, 0.4) is 0 Å². The third kappa shape index (κ3) is 19.4. The SMILES string of the molecule is Cc1ccc(-c2nnc3c(c(-c4ccccc4)nn3C)c2Cl)cc1.Cc1cccc(-c2nn(C)c3nnc(-c4ccccc4)c(Cl)c23)c1.Clc1c(-c2ccccc2)nnc2[nH]nc(-c3ccccc3)c12.Cn1nc(-c2ccc(F)cc2)c2c(Cl)c(-c3ccccc3)nnc21.Cn1nc(-c2ccccc2)c2c(Cl)c(-c3cccc(F)c3)nnc21.Cn1nc(-c2ccccc2)c2c(Cl)c(-c3ccccc3)nnc21. The maximum Gasteiger partial charge on any atom is 0.182 e. The summed E-state index contributed by atoms with van der Waals surface area (Å²) < 4.78 is 35.2. The van der Waals surface area contributed by atoms with Gasteiger partial charge in [0.05, 0.1) is 62.5 Å². The first-order valence-electron chi connectivity index (χ1n) is 44.1. The van der Waals surface area contributed by atoms with Gasteiger partial charge in [-0.05, 0) is 56.3 Å². The third-order valence-corrected chi connectivity index (χ3v) is 25.3. The first-order valence-corrected chi connectivity index (χ1v) is 46.4. The van der Waals surface area contributed by atoms with E-state index >= 15 is 0 Å². The molecule has 12 aromatic heterocycles. The molecule has 0 aliphatic rings. The Morgan fingerprint density at radius 2 is 0.426 bits per heavy atom. The Kier molecular flexibility index (Phi) is 27.5. The molecule has 0 radical (unpaired) electrons. The standard InChI is InChI=1S/2C19H15ClN4.2C18H12ClFN4.C18H13ClN4.C17H11ClN4/c1-12-7-6-10-14(11-12)17-15-16(20)18(13-8-4-3-5-9-13)21-22-19(15)24(2)23-17;1-12-8-10-14(11-9-12)18-16(20)15-17(13-6-4-3-5-7-13)23-24(2)19(15)22-21-18;1-24-18-14(16(23-24)11-6-3-2-4-7-11)15(19)17(21-22-18)12-8-5-9-13(20)10-12;1-24-18-14(16(23-24)12-7-9-13(20)10-8-12)15(19)17(21-22-18)11-5-3-2-4-6-11;1-23-18-14(16(22-23)12-8-4-2-5-9-12)15(19)17(20-21-18)13-10-6-3-7-11-13;18-14-13-15(11-7-3-1-4-8-11)19-21-17(13)22-20-16(14)12-9-5-2-6-10-12/h2*3-11H,1-2H3;2*2-10H,1H3;2-11H,1H3;1-10H,(H,19,21,22). The number of aromatic amines is 1. The molecule has 690 valence electrons. The molecule has 0 spiro atoms. The van der Waals surface area contributed by atoms with Crippen LogP contribution in [0.5, 0.6) is 0 Å². The van der Waals surface area contributed by atoms with E-state index in [1.165, 1.54) is 35.4 Å². The highest BCUT2D eigenvalue weighted by Crippen LogP contribution is 2.45. The van der Waals surface area contributed by atoms with Gasteiger partial charge < -0.3 is 0 Å². The van der Waals surface area contributed by atoms with Crippen LogP contribution in [-0.4, -0.2) is 120 Å². The summed E-state index contributed by atoms with van der Waals surface area (Å²) >= 11 is 40.0. The number of aryl methyl sites for hydroxylation is 7. The van der Waals surface area contributed by atoms with E-state index in [4.69, 9.17) is 69.6 Å². The number of aromatic nitrogens is 24. The van der Waals surface area contributed by atoms with Crippen molar-refractivity contribution in [1.29, 1.82) is 0 Å². The lowest BCUT2D eigenvalue weighted by molar-refractivity contribution is 0.627. The number of halogens is 8. The van der Waals surface area contributed by atoms with Crippen molar-refractivity contribution in [1.82, 2.24) is 120 Å².